The molecule has 21 heavy (non-hydrogen) atoms. The van der Waals surface area contributed by atoms with Crippen LogP contribution in [0.2, 0.25) is 0 Å². The van der Waals surface area contributed by atoms with Crippen LogP contribution in [0.4, 0.5) is 0 Å². The molecule has 0 atom stereocenters. The number of H-pyrrole nitrogens is 1. The monoisotopic (exact) mass is 309 g/mol. The Hall–Kier alpha value is -1.44. The second-order valence-corrected chi connectivity index (χ2v) is 7.41. The van der Waals surface area contributed by atoms with Crippen molar-refractivity contribution in [2.24, 2.45) is 0 Å². The molecule has 0 radical (unpaired) electrons. The molecule has 1 saturated heterocycles. The minimum Gasteiger partial charge on any atom is -0.370 e. The van der Waals surface area contributed by atoms with E-state index in [0.717, 1.165) is 42.8 Å². The number of sulfone groups is 1. The Bertz CT molecular complexity index is 733. The van der Waals surface area contributed by atoms with Crippen LogP contribution in [0.3, 0.4) is 0 Å². The predicted molar refractivity (Wildman–Crippen MR) is 79.9 cm³/mol. The molecule has 114 valence electrons. The van der Waals surface area contributed by atoms with E-state index in [1.165, 1.54) is 6.26 Å². The summed E-state index contributed by atoms with van der Waals surface area (Å²) < 4.78 is 28.9. The summed E-state index contributed by atoms with van der Waals surface area (Å²) in [7, 11) is -3.20. The zero-order valence-corrected chi connectivity index (χ0v) is 12.7. The van der Waals surface area contributed by atoms with Crippen molar-refractivity contribution in [3.8, 4) is 0 Å². The summed E-state index contributed by atoms with van der Waals surface area (Å²) in [5.74, 6) is 0.731. The van der Waals surface area contributed by atoms with E-state index in [1.54, 1.807) is 18.2 Å². The van der Waals surface area contributed by atoms with Gasteiger partial charge in [0.1, 0.15) is 12.4 Å². The molecule has 2 N–H and O–H groups in total. The number of nitrogens with one attached hydrogen (secondary N) is 2. The lowest BCUT2D eigenvalue weighted by atomic mass is 10.1. The molecule has 1 aliphatic heterocycles. The van der Waals surface area contributed by atoms with Gasteiger partial charge >= 0.3 is 0 Å². The van der Waals surface area contributed by atoms with Crippen molar-refractivity contribution in [1.29, 1.82) is 0 Å². The average Bonchev–Trinajstić information content (AvgIpc) is 2.87. The van der Waals surface area contributed by atoms with Crippen molar-refractivity contribution in [2.75, 3.05) is 19.3 Å². The number of rotatable bonds is 4. The van der Waals surface area contributed by atoms with Crippen molar-refractivity contribution in [3.63, 3.8) is 0 Å². The molecule has 7 heteroatoms. The summed E-state index contributed by atoms with van der Waals surface area (Å²) in [5.41, 5.74) is 1.48. The first kappa shape index (κ1) is 14.5. The van der Waals surface area contributed by atoms with Crippen LogP contribution < -0.4 is 5.32 Å². The maximum Gasteiger partial charge on any atom is 0.175 e. The first-order chi connectivity index (χ1) is 10.0. The van der Waals surface area contributed by atoms with Crippen LogP contribution in [0.5, 0.6) is 0 Å². The third-order valence-corrected chi connectivity index (χ3v) is 4.78. The van der Waals surface area contributed by atoms with Crippen LogP contribution >= 0.6 is 0 Å². The van der Waals surface area contributed by atoms with Gasteiger partial charge in [-0.25, -0.2) is 13.4 Å². The number of imidazole rings is 1. The summed E-state index contributed by atoms with van der Waals surface area (Å²) in [5, 5.41) is 3.29. The van der Waals surface area contributed by atoms with Gasteiger partial charge in [0.2, 0.25) is 0 Å². The second kappa shape index (κ2) is 5.75. The summed E-state index contributed by atoms with van der Waals surface area (Å²) in [6.45, 7) is 2.40. The van der Waals surface area contributed by atoms with Crippen molar-refractivity contribution < 1.29 is 13.2 Å². The van der Waals surface area contributed by atoms with Gasteiger partial charge in [0.15, 0.2) is 9.84 Å². The molecule has 0 amide bonds. The fourth-order valence-electron chi connectivity index (χ4n) is 2.50. The summed E-state index contributed by atoms with van der Waals surface area (Å²) >= 11 is 0. The third kappa shape index (κ3) is 3.42. The van der Waals surface area contributed by atoms with Crippen molar-refractivity contribution >= 4 is 20.9 Å². The molecular formula is C14H19N3O3S. The number of hydrogen-bond acceptors (Lipinski definition) is 5. The van der Waals surface area contributed by atoms with E-state index in [9.17, 15) is 8.42 Å². The maximum absolute atomic E-state index is 11.6. The molecule has 2 aromatic rings. The Morgan fingerprint density at radius 3 is 2.81 bits per heavy atom. The molecule has 6 nitrogen and oxygen atoms in total. The average molecular weight is 309 g/mol. The van der Waals surface area contributed by atoms with Crippen molar-refractivity contribution in [1.82, 2.24) is 15.3 Å². The van der Waals surface area contributed by atoms with Gasteiger partial charge in [-0.1, -0.05) is 0 Å². The molecule has 3 rings (SSSR count). The second-order valence-electron chi connectivity index (χ2n) is 5.39. The van der Waals surface area contributed by atoms with Gasteiger partial charge in [0, 0.05) is 6.26 Å². The number of ether oxygens (including phenoxy) is 1. The minimum absolute atomic E-state index is 0.269. The zero-order valence-electron chi connectivity index (χ0n) is 11.9. The number of benzene rings is 1. The van der Waals surface area contributed by atoms with E-state index >= 15 is 0 Å². The Kier molecular flexibility index (Phi) is 3.97. The zero-order chi connectivity index (χ0) is 14.9. The largest absolute Gasteiger partial charge is 0.370 e. The van der Waals surface area contributed by atoms with Gasteiger partial charge in [0.05, 0.1) is 22.0 Å². The normalized spacial score (nSPS) is 17.4. The van der Waals surface area contributed by atoms with Gasteiger partial charge in [-0.3, -0.25) is 0 Å². The quantitative estimate of drug-likeness (QED) is 0.887. The number of aromatic amines is 1. The Morgan fingerprint density at radius 1 is 1.33 bits per heavy atom. The molecule has 0 aliphatic carbocycles. The number of fused-ring (bicyclic) bond motifs is 1. The first-order valence-electron chi connectivity index (χ1n) is 7.03. The van der Waals surface area contributed by atoms with E-state index in [2.05, 4.69) is 15.3 Å². The SMILES string of the molecule is CS(=O)(=O)c1ccc2nc(COC3CCNCC3)[nH]c2c1. The highest BCUT2D eigenvalue weighted by molar-refractivity contribution is 7.90. The Balaban J connectivity index is 1.74. The Morgan fingerprint density at radius 2 is 2.10 bits per heavy atom. The summed E-state index contributed by atoms with van der Waals surface area (Å²) in [6.07, 6.45) is 3.49. The summed E-state index contributed by atoms with van der Waals surface area (Å²) in [4.78, 5) is 7.86. The molecular weight excluding hydrogens is 290 g/mol. The van der Waals surface area contributed by atoms with Gasteiger partial charge in [0.25, 0.3) is 0 Å². The van der Waals surface area contributed by atoms with Gasteiger partial charge in [-0.15, -0.1) is 0 Å². The molecule has 1 aliphatic rings. The van der Waals surface area contributed by atoms with Crippen molar-refractivity contribution in [2.45, 2.75) is 30.4 Å². The van der Waals surface area contributed by atoms with Gasteiger partial charge < -0.3 is 15.0 Å². The lowest BCUT2D eigenvalue weighted by molar-refractivity contribution is 0.0182. The van der Waals surface area contributed by atoms with E-state index < -0.39 is 9.84 Å². The van der Waals surface area contributed by atoms with Crippen LogP contribution in [-0.4, -0.2) is 43.8 Å². The molecule has 2 heterocycles. The van der Waals surface area contributed by atoms with E-state index in [0.29, 0.717) is 11.5 Å². The fraction of sp³-hybridized carbons (Fsp3) is 0.500. The van der Waals surface area contributed by atoms with Crippen molar-refractivity contribution in [3.05, 3.63) is 24.0 Å². The lowest BCUT2D eigenvalue weighted by Crippen LogP contribution is -2.32. The smallest absolute Gasteiger partial charge is 0.175 e. The molecule has 0 bridgehead atoms. The fourth-order valence-corrected chi connectivity index (χ4v) is 3.15. The maximum atomic E-state index is 11.6. The highest BCUT2D eigenvalue weighted by Crippen LogP contribution is 2.18. The molecule has 0 spiro atoms. The van der Waals surface area contributed by atoms with Crippen LogP contribution in [-0.2, 0) is 21.2 Å². The minimum atomic E-state index is -3.20. The molecule has 0 unspecified atom stereocenters. The van der Waals surface area contributed by atoms with Crippen LogP contribution in [0.25, 0.3) is 11.0 Å². The highest BCUT2D eigenvalue weighted by Gasteiger charge is 2.15. The van der Waals surface area contributed by atoms with Crippen LogP contribution in [0.1, 0.15) is 18.7 Å². The number of hydrogen-bond donors (Lipinski definition) is 2. The van der Waals surface area contributed by atoms with E-state index in [-0.39, 0.29) is 6.10 Å². The molecule has 0 saturated carbocycles. The standard InChI is InChI=1S/C14H19N3O3S/c1-21(18,19)11-2-3-12-13(8-11)17-14(16-12)9-20-10-4-6-15-7-5-10/h2-3,8,10,15H,4-7,9H2,1H3,(H,16,17). The van der Waals surface area contributed by atoms with Gasteiger partial charge in [-0.2, -0.15) is 0 Å². The van der Waals surface area contributed by atoms with E-state index in [1.807, 2.05) is 0 Å². The topological polar surface area (TPSA) is 84.1 Å². The first-order valence-corrected chi connectivity index (χ1v) is 8.92. The lowest BCUT2D eigenvalue weighted by Gasteiger charge is -2.22. The predicted octanol–water partition coefficient (Wildman–Crippen LogP) is 1.23. The number of aromatic nitrogens is 2. The van der Waals surface area contributed by atoms with Gasteiger partial charge in [-0.05, 0) is 44.1 Å². The van der Waals surface area contributed by atoms with E-state index in [4.69, 9.17) is 4.74 Å². The Labute approximate surface area is 123 Å². The van der Waals surface area contributed by atoms with Crippen LogP contribution in [0, 0.1) is 0 Å². The number of piperidine rings is 1. The number of nitrogens with zero attached hydrogens (tertiary/aromatic N) is 1. The highest BCUT2D eigenvalue weighted by atomic mass is 32.2. The molecule has 1 aromatic carbocycles. The molecule has 1 fully saturated rings. The summed E-state index contributed by atoms with van der Waals surface area (Å²) in [6, 6.07) is 4.91. The third-order valence-electron chi connectivity index (χ3n) is 3.67. The molecule has 1 aromatic heterocycles. The van der Waals surface area contributed by atoms with Crippen LogP contribution in [0.15, 0.2) is 23.1 Å².